The molecule has 3 heteroatoms. The molecule has 0 aromatic carbocycles. The van der Waals surface area contributed by atoms with Gasteiger partial charge in [-0.15, -0.1) is 0 Å². The van der Waals surface area contributed by atoms with Crippen LogP contribution in [0.15, 0.2) is 18.3 Å². The van der Waals surface area contributed by atoms with E-state index in [1.165, 1.54) is 5.56 Å². The minimum atomic E-state index is 0.383. The highest BCUT2D eigenvalue weighted by Crippen LogP contribution is 2.23. The quantitative estimate of drug-likeness (QED) is 0.795. The Morgan fingerprint density at radius 3 is 2.50 bits per heavy atom. The van der Waals surface area contributed by atoms with Crippen LogP contribution in [0.5, 0.6) is 5.88 Å². The molecule has 1 aromatic rings. The third-order valence-corrected chi connectivity index (χ3v) is 2.46. The van der Waals surface area contributed by atoms with Crippen molar-refractivity contribution >= 4 is 0 Å². The molecule has 1 heterocycles. The maximum Gasteiger partial charge on any atom is 0.212 e. The van der Waals surface area contributed by atoms with Crippen molar-refractivity contribution in [3.8, 4) is 5.88 Å². The maximum absolute atomic E-state index is 5.72. The summed E-state index contributed by atoms with van der Waals surface area (Å²) >= 11 is 0. The predicted molar refractivity (Wildman–Crippen MR) is 57.4 cm³/mol. The largest absolute Gasteiger partial charge is 0.481 e. The van der Waals surface area contributed by atoms with E-state index in [2.05, 4.69) is 18.8 Å². The summed E-state index contributed by atoms with van der Waals surface area (Å²) in [5.41, 5.74) is 6.90. The normalized spacial score (nSPS) is 12.9. The Kier molecular flexibility index (Phi) is 3.89. The number of nitrogens with zero attached hydrogens (tertiary/aromatic N) is 1. The second-order valence-electron chi connectivity index (χ2n) is 3.72. The SMILES string of the molecule is COc1ccc(C(CN)C(C)C)cn1. The van der Waals surface area contributed by atoms with Crippen molar-refractivity contribution in [1.29, 1.82) is 0 Å². The van der Waals surface area contributed by atoms with Crippen molar-refractivity contribution in [1.82, 2.24) is 4.98 Å². The average Bonchev–Trinajstić information content (AvgIpc) is 2.19. The van der Waals surface area contributed by atoms with E-state index in [9.17, 15) is 0 Å². The lowest BCUT2D eigenvalue weighted by molar-refractivity contribution is 0.396. The van der Waals surface area contributed by atoms with E-state index in [4.69, 9.17) is 10.5 Å². The first-order valence-corrected chi connectivity index (χ1v) is 4.89. The fraction of sp³-hybridized carbons (Fsp3) is 0.545. The number of hydrogen-bond donors (Lipinski definition) is 1. The molecular formula is C11H18N2O. The zero-order valence-electron chi connectivity index (χ0n) is 9.03. The van der Waals surface area contributed by atoms with Gasteiger partial charge in [-0.25, -0.2) is 4.98 Å². The van der Waals surface area contributed by atoms with Crippen molar-refractivity contribution in [2.75, 3.05) is 13.7 Å². The molecule has 78 valence electrons. The van der Waals surface area contributed by atoms with Crippen molar-refractivity contribution in [3.63, 3.8) is 0 Å². The number of nitrogens with two attached hydrogens (primary N) is 1. The van der Waals surface area contributed by atoms with Crippen LogP contribution in [0.4, 0.5) is 0 Å². The van der Waals surface area contributed by atoms with Gasteiger partial charge in [0.1, 0.15) is 0 Å². The highest BCUT2D eigenvalue weighted by atomic mass is 16.5. The highest BCUT2D eigenvalue weighted by molar-refractivity contribution is 5.21. The molecule has 3 nitrogen and oxygen atoms in total. The van der Waals surface area contributed by atoms with Gasteiger partial charge in [0.15, 0.2) is 0 Å². The minimum absolute atomic E-state index is 0.383. The number of ether oxygens (including phenoxy) is 1. The van der Waals surface area contributed by atoms with E-state index in [0.29, 0.717) is 24.3 Å². The molecule has 1 aromatic heterocycles. The van der Waals surface area contributed by atoms with Crippen LogP contribution in [0.2, 0.25) is 0 Å². The summed E-state index contributed by atoms with van der Waals surface area (Å²) in [7, 11) is 1.62. The predicted octanol–water partition coefficient (Wildman–Crippen LogP) is 1.79. The Morgan fingerprint density at radius 1 is 1.43 bits per heavy atom. The van der Waals surface area contributed by atoms with E-state index in [0.717, 1.165) is 0 Å². The number of hydrogen-bond acceptors (Lipinski definition) is 3. The van der Waals surface area contributed by atoms with E-state index < -0.39 is 0 Å². The van der Waals surface area contributed by atoms with Crippen LogP contribution in [0.1, 0.15) is 25.3 Å². The minimum Gasteiger partial charge on any atom is -0.481 e. The Morgan fingerprint density at radius 2 is 2.14 bits per heavy atom. The molecule has 1 unspecified atom stereocenters. The van der Waals surface area contributed by atoms with Crippen molar-refractivity contribution in [2.45, 2.75) is 19.8 Å². The summed E-state index contributed by atoms with van der Waals surface area (Å²) in [6.45, 7) is 5.00. The van der Waals surface area contributed by atoms with Crippen molar-refractivity contribution in [2.24, 2.45) is 11.7 Å². The second-order valence-corrected chi connectivity index (χ2v) is 3.72. The summed E-state index contributed by atoms with van der Waals surface area (Å²) in [5, 5.41) is 0. The zero-order chi connectivity index (χ0) is 10.6. The van der Waals surface area contributed by atoms with Gasteiger partial charge in [-0.05, 0) is 23.9 Å². The lowest BCUT2D eigenvalue weighted by Crippen LogP contribution is -2.17. The van der Waals surface area contributed by atoms with Gasteiger partial charge < -0.3 is 10.5 Å². The molecule has 0 saturated heterocycles. The standard InChI is InChI=1S/C11H18N2O/c1-8(2)10(6-12)9-4-5-11(14-3)13-7-9/h4-5,7-8,10H,6,12H2,1-3H3. The average molecular weight is 194 g/mol. The Hall–Kier alpha value is -1.09. The summed E-state index contributed by atoms with van der Waals surface area (Å²) in [4.78, 5) is 4.17. The first-order valence-electron chi connectivity index (χ1n) is 4.89. The van der Waals surface area contributed by atoms with Crippen LogP contribution in [-0.4, -0.2) is 18.6 Å². The molecule has 0 bridgehead atoms. The van der Waals surface area contributed by atoms with Crippen LogP contribution in [0.3, 0.4) is 0 Å². The third kappa shape index (κ3) is 2.45. The molecule has 14 heavy (non-hydrogen) atoms. The summed E-state index contributed by atoms with van der Waals surface area (Å²) in [5.74, 6) is 1.57. The first-order chi connectivity index (χ1) is 6.69. The summed E-state index contributed by atoms with van der Waals surface area (Å²) in [6.07, 6.45) is 1.84. The van der Waals surface area contributed by atoms with E-state index in [1.807, 2.05) is 18.3 Å². The third-order valence-electron chi connectivity index (χ3n) is 2.46. The molecule has 0 aliphatic heterocycles. The monoisotopic (exact) mass is 194 g/mol. The lowest BCUT2D eigenvalue weighted by Gasteiger charge is -2.18. The molecule has 2 N–H and O–H groups in total. The van der Waals surface area contributed by atoms with E-state index in [-0.39, 0.29) is 0 Å². The van der Waals surface area contributed by atoms with Crippen LogP contribution < -0.4 is 10.5 Å². The smallest absolute Gasteiger partial charge is 0.212 e. The fourth-order valence-electron chi connectivity index (χ4n) is 1.52. The number of rotatable bonds is 4. The van der Waals surface area contributed by atoms with E-state index in [1.54, 1.807) is 7.11 Å². The van der Waals surface area contributed by atoms with Crippen molar-refractivity contribution in [3.05, 3.63) is 23.9 Å². The van der Waals surface area contributed by atoms with Gasteiger partial charge >= 0.3 is 0 Å². The van der Waals surface area contributed by atoms with Gasteiger partial charge in [-0.3, -0.25) is 0 Å². The fourth-order valence-corrected chi connectivity index (χ4v) is 1.52. The number of pyridine rings is 1. The van der Waals surface area contributed by atoms with Gasteiger partial charge in [0.2, 0.25) is 5.88 Å². The topological polar surface area (TPSA) is 48.1 Å². The summed E-state index contributed by atoms with van der Waals surface area (Å²) < 4.78 is 5.00. The molecule has 1 rings (SSSR count). The molecule has 0 fully saturated rings. The Labute approximate surface area is 85.3 Å². The summed E-state index contributed by atoms with van der Waals surface area (Å²) in [6, 6.07) is 3.91. The van der Waals surface area contributed by atoms with Crippen LogP contribution in [0, 0.1) is 5.92 Å². The highest BCUT2D eigenvalue weighted by Gasteiger charge is 2.13. The number of aromatic nitrogens is 1. The van der Waals surface area contributed by atoms with Crippen LogP contribution in [-0.2, 0) is 0 Å². The van der Waals surface area contributed by atoms with Crippen LogP contribution in [0.25, 0.3) is 0 Å². The Balaban J connectivity index is 2.84. The van der Waals surface area contributed by atoms with Gasteiger partial charge in [-0.1, -0.05) is 19.9 Å². The van der Waals surface area contributed by atoms with Crippen LogP contribution >= 0.6 is 0 Å². The Bertz CT molecular complexity index is 269. The zero-order valence-corrected chi connectivity index (χ0v) is 9.03. The molecule has 0 spiro atoms. The van der Waals surface area contributed by atoms with Gasteiger partial charge in [0.25, 0.3) is 0 Å². The van der Waals surface area contributed by atoms with Gasteiger partial charge in [0.05, 0.1) is 7.11 Å². The molecule has 0 aliphatic rings. The molecule has 1 atom stereocenters. The van der Waals surface area contributed by atoms with E-state index >= 15 is 0 Å². The van der Waals surface area contributed by atoms with Gasteiger partial charge in [0, 0.05) is 12.3 Å². The molecule has 0 saturated carbocycles. The molecule has 0 aliphatic carbocycles. The molecule has 0 amide bonds. The molecule has 0 radical (unpaired) electrons. The maximum atomic E-state index is 5.72. The number of methoxy groups -OCH3 is 1. The molecular weight excluding hydrogens is 176 g/mol. The van der Waals surface area contributed by atoms with Crippen molar-refractivity contribution < 1.29 is 4.74 Å². The second kappa shape index (κ2) is 4.96. The lowest BCUT2D eigenvalue weighted by atomic mass is 9.90. The first kappa shape index (κ1) is 11.0. The van der Waals surface area contributed by atoms with Gasteiger partial charge in [-0.2, -0.15) is 0 Å².